The molecule has 3 rings (SSSR count). The van der Waals surface area contributed by atoms with Gasteiger partial charge >= 0.3 is 0 Å². The van der Waals surface area contributed by atoms with Gasteiger partial charge in [0.25, 0.3) is 0 Å². The summed E-state index contributed by atoms with van der Waals surface area (Å²) in [4.78, 5) is 0. The average Bonchev–Trinajstić information content (AvgIpc) is 2.51. The molecule has 1 aliphatic rings. The summed E-state index contributed by atoms with van der Waals surface area (Å²) in [7, 11) is 0. The Morgan fingerprint density at radius 1 is 1.29 bits per heavy atom. The largest absolute Gasteiger partial charge is 0.492 e. The minimum Gasteiger partial charge on any atom is -0.492 e. The van der Waals surface area contributed by atoms with Crippen molar-refractivity contribution in [2.75, 3.05) is 17.7 Å². The van der Waals surface area contributed by atoms with Crippen molar-refractivity contribution in [3.63, 3.8) is 0 Å². The first-order chi connectivity index (χ1) is 10.3. The second-order valence-corrected chi connectivity index (χ2v) is 6.43. The molecule has 0 fully saturated rings. The van der Waals surface area contributed by atoms with Gasteiger partial charge < -0.3 is 10.1 Å². The molecule has 1 heterocycles. The lowest BCUT2D eigenvalue weighted by Gasteiger charge is -2.27. The van der Waals surface area contributed by atoms with Crippen molar-refractivity contribution in [2.45, 2.75) is 18.7 Å². The molecule has 1 atom stereocenters. The molecule has 1 unspecified atom stereocenters. The van der Waals surface area contributed by atoms with Crippen LogP contribution in [0.1, 0.15) is 24.1 Å². The maximum Gasteiger partial charge on any atom is 0.138 e. The molecule has 0 saturated carbocycles. The smallest absolute Gasteiger partial charge is 0.138 e. The molecule has 110 valence electrons. The number of nitrogens with one attached hydrogen (secondary N) is 1. The lowest BCUT2D eigenvalue weighted by Crippen LogP contribution is -2.18. The van der Waals surface area contributed by atoms with E-state index in [4.69, 9.17) is 16.3 Å². The van der Waals surface area contributed by atoms with E-state index in [0.717, 1.165) is 22.9 Å². The molecule has 1 N–H and O–H groups in total. The van der Waals surface area contributed by atoms with Gasteiger partial charge in [-0.3, -0.25) is 0 Å². The monoisotopic (exact) mass is 319 g/mol. The molecule has 0 amide bonds. The van der Waals surface area contributed by atoms with E-state index in [1.165, 1.54) is 11.1 Å². The summed E-state index contributed by atoms with van der Waals surface area (Å²) in [6, 6.07) is 14.9. The third-order valence-corrected chi connectivity index (χ3v) is 4.92. The van der Waals surface area contributed by atoms with E-state index in [2.05, 4.69) is 29.6 Å². The Labute approximate surface area is 134 Å². The van der Waals surface area contributed by atoms with Gasteiger partial charge in [0.05, 0.1) is 17.7 Å². The summed E-state index contributed by atoms with van der Waals surface area (Å²) >= 11 is 8.22. The highest BCUT2D eigenvalue weighted by Crippen LogP contribution is 2.35. The first-order valence-corrected chi connectivity index (χ1v) is 8.65. The van der Waals surface area contributed by atoms with Crippen molar-refractivity contribution in [3.8, 4) is 5.75 Å². The Kier molecular flexibility index (Phi) is 4.61. The molecule has 2 aromatic rings. The zero-order valence-electron chi connectivity index (χ0n) is 11.9. The van der Waals surface area contributed by atoms with Crippen LogP contribution in [0.2, 0.25) is 5.02 Å². The first kappa shape index (κ1) is 14.6. The van der Waals surface area contributed by atoms with Gasteiger partial charge in [-0.15, -0.1) is 0 Å². The van der Waals surface area contributed by atoms with Crippen LogP contribution >= 0.6 is 23.4 Å². The molecule has 21 heavy (non-hydrogen) atoms. The second-order valence-electron chi connectivity index (χ2n) is 4.99. The maximum atomic E-state index is 6.26. The lowest BCUT2D eigenvalue weighted by molar-refractivity contribution is 0.340. The molecule has 0 aliphatic carbocycles. The minimum atomic E-state index is 0.328. The number of thioether (sulfide) groups is 1. The summed E-state index contributed by atoms with van der Waals surface area (Å²) in [5, 5.41) is 4.24. The number of fused-ring (bicyclic) bond motifs is 1. The van der Waals surface area contributed by atoms with Gasteiger partial charge in [-0.1, -0.05) is 35.9 Å². The topological polar surface area (TPSA) is 21.3 Å². The molecule has 0 spiro atoms. The van der Waals surface area contributed by atoms with Crippen LogP contribution in [-0.2, 0) is 5.75 Å². The Morgan fingerprint density at radius 2 is 2.14 bits per heavy atom. The number of halogens is 1. The Balaban J connectivity index is 1.80. The minimum absolute atomic E-state index is 0.328. The van der Waals surface area contributed by atoms with Gasteiger partial charge in [-0.25, -0.2) is 0 Å². The summed E-state index contributed by atoms with van der Waals surface area (Å²) < 4.78 is 5.47. The van der Waals surface area contributed by atoms with Crippen LogP contribution in [0.25, 0.3) is 0 Å². The Morgan fingerprint density at radius 3 is 2.95 bits per heavy atom. The van der Waals surface area contributed by atoms with Gasteiger partial charge in [-0.05, 0) is 36.2 Å². The summed E-state index contributed by atoms with van der Waals surface area (Å²) in [5.41, 5.74) is 3.84. The maximum absolute atomic E-state index is 6.26. The number of rotatable bonds is 4. The van der Waals surface area contributed by atoms with Crippen LogP contribution in [-0.4, -0.2) is 12.4 Å². The quantitative estimate of drug-likeness (QED) is 0.843. The Hall–Kier alpha value is -1.32. The van der Waals surface area contributed by atoms with Gasteiger partial charge in [0.15, 0.2) is 0 Å². The van der Waals surface area contributed by atoms with Crippen LogP contribution in [0.4, 0.5) is 5.69 Å². The van der Waals surface area contributed by atoms with Gasteiger partial charge in [0.2, 0.25) is 0 Å². The summed E-state index contributed by atoms with van der Waals surface area (Å²) in [6.07, 6.45) is 0. The number of benzene rings is 2. The highest BCUT2D eigenvalue weighted by Gasteiger charge is 2.20. The van der Waals surface area contributed by atoms with Gasteiger partial charge in [-0.2, -0.15) is 11.8 Å². The second kappa shape index (κ2) is 6.63. The molecule has 0 saturated heterocycles. The number of anilines is 1. The summed E-state index contributed by atoms with van der Waals surface area (Å²) in [5.74, 6) is 2.91. The molecular formula is C17H18ClNOS. The third kappa shape index (κ3) is 3.30. The van der Waals surface area contributed by atoms with E-state index in [1.807, 2.05) is 36.9 Å². The SMILES string of the molecule is CCOc1ccc(NC2CSCc3ccccc32)cc1Cl. The van der Waals surface area contributed by atoms with Crippen LogP contribution in [0.15, 0.2) is 42.5 Å². The van der Waals surface area contributed by atoms with Crippen LogP contribution < -0.4 is 10.1 Å². The number of ether oxygens (including phenoxy) is 1. The third-order valence-electron chi connectivity index (χ3n) is 3.55. The van der Waals surface area contributed by atoms with Crippen molar-refractivity contribution in [1.29, 1.82) is 0 Å². The zero-order chi connectivity index (χ0) is 14.7. The molecule has 2 aromatic carbocycles. The molecule has 0 aromatic heterocycles. The van der Waals surface area contributed by atoms with E-state index in [9.17, 15) is 0 Å². The van der Waals surface area contributed by atoms with Crippen molar-refractivity contribution in [1.82, 2.24) is 0 Å². The normalized spacial score (nSPS) is 17.1. The number of hydrogen-bond acceptors (Lipinski definition) is 3. The fourth-order valence-corrected chi connectivity index (χ4v) is 3.90. The lowest BCUT2D eigenvalue weighted by atomic mass is 10.0. The first-order valence-electron chi connectivity index (χ1n) is 7.12. The van der Waals surface area contributed by atoms with Crippen molar-refractivity contribution in [3.05, 3.63) is 58.6 Å². The van der Waals surface area contributed by atoms with Crippen LogP contribution in [0.5, 0.6) is 5.75 Å². The van der Waals surface area contributed by atoms with Crippen molar-refractivity contribution >= 4 is 29.1 Å². The van der Waals surface area contributed by atoms with Crippen LogP contribution in [0.3, 0.4) is 0 Å². The standard InChI is InChI=1S/C17H18ClNOS/c1-2-20-17-8-7-13(9-15(17)18)19-16-11-21-10-12-5-3-4-6-14(12)16/h3-9,16,19H,2,10-11H2,1H3. The molecule has 0 radical (unpaired) electrons. The highest BCUT2D eigenvalue weighted by atomic mass is 35.5. The van der Waals surface area contributed by atoms with Crippen molar-refractivity contribution < 1.29 is 4.74 Å². The van der Waals surface area contributed by atoms with Gasteiger partial charge in [0, 0.05) is 17.2 Å². The highest BCUT2D eigenvalue weighted by molar-refractivity contribution is 7.98. The molecular weight excluding hydrogens is 302 g/mol. The predicted octanol–water partition coefficient (Wildman–Crippen LogP) is 5.14. The molecule has 2 nitrogen and oxygen atoms in total. The summed E-state index contributed by atoms with van der Waals surface area (Å²) in [6.45, 7) is 2.58. The van der Waals surface area contributed by atoms with E-state index < -0.39 is 0 Å². The van der Waals surface area contributed by atoms with Gasteiger partial charge in [0.1, 0.15) is 5.75 Å². The fraction of sp³-hybridized carbons (Fsp3) is 0.294. The number of hydrogen-bond donors (Lipinski definition) is 1. The zero-order valence-corrected chi connectivity index (χ0v) is 13.5. The van der Waals surface area contributed by atoms with E-state index in [1.54, 1.807) is 0 Å². The fourth-order valence-electron chi connectivity index (χ4n) is 2.57. The molecule has 0 bridgehead atoms. The molecule has 4 heteroatoms. The average molecular weight is 320 g/mol. The Bertz CT molecular complexity index is 632. The van der Waals surface area contributed by atoms with E-state index in [0.29, 0.717) is 17.7 Å². The van der Waals surface area contributed by atoms with E-state index >= 15 is 0 Å². The van der Waals surface area contributed by atoms with Crippen molar-refractivity contribution in [2.24, 2.45) is 0 Å². The predicted molar refractivity (Wildman–Crippen MR) is 91.6 cm³/mol. The molecule has 1 aliphatic heterocycles. The van der Waals surface area contributed by atoms with Crippen LogP contribution in [0, 0.1) is 0 Å². The van der Waals surface area contributed by atoms with E-state index in [-0.39, 0.29) is 0 Å².